The van der Waals surface area contributed by atoms with Crippen molar-refractivity contribution in [3.8, 4) is 0 Å². The standard InChI is InChI=1S/C10H13ClN4O/c1-2-13-15-10(12)14-9(16)7-3-5-8(11)6-4-7/h3-6,13H,2H2,1H3,(H3,12,14,15,16). The van der Waals surface area contributed by atoms with E-state index >= 15 is 0 Å². The van der Waals surface area contributed by atoms with Crippen LogP contribution in [-0.2, 0) is 0 Å². The lowest BCUT2D eigenvalue weighted by Gasteiger charge is -2.04. The van der Waals surface area contributed by atoms with Crippen LogP contribution in [-0.4, -0.2) is 18.4 Å². The topological polar surface area (TPSA) is 79.5 Å². The molecule has 0 unspecified atom stereocenters. The van der Waals surface area contributed by atoms with Gasteiger partial charge in [-0.15, -0.1) is 5.10 Å². The van der Waals surface area contributed by atoms with Crippen molar-refractivity contribution in [2.45, 2.75) is 6.92 Å². The highest BCUT2D eigenvalue weighted by atomic mass is 35.5. The fourth-order valence-electron chi connectivity index (χ4n) is 0.982. The molecule has 0 radical (unpaired) electrons. The van der Waals surface area contributed by atoms with Crippen molar-refractivity contribution >= 4 is 23.5 Å². The van der Waals surface area contributed by atoms with E-state index in [0.717, 1.165) is 0 Å². The first-order valence-electron chi connectivity index (χ1n) is 4.76. The van der Waals surface area contributed by atoms with Gasteiger partial charge in [-0.2, -0.15) is 0 Å². The van der Waals surface area contributed by atoms with Gasteiger partial charge >= 0.3 is 0 Å². The van der Waals surface area contributed by atoms with E-state index in [2.05, 4.69) is 15.8 Å². The van der Waals surface area contributed by atoms with Crippen LogP contribution >= 0.6 is 11.6 Å². The van der Waals surface area contributed by atoms with E-state index in [0.29, 0.717) is 17.1 Å². The maximum Gasteiger partial charge on any atom is 0.257 e. The average molecular weight is 241 g/mol. The molecular weight excluding hydrogens is 228 g/mol. The van der Waals surface area contributed by atoms with Gasteiger partial charge in [-0.1, -0.05) is 11.6 Å². The monoisotopic (exact) mass is 240 g/mol. The molecule has 4 N–H and O–H groups in total. The molecule has 1 rings (SSSR count). The molecule has 0 heterocycles. The molecule has 0 aliphatic heterocycles. The molecule has 0 spiro atoms. The van der Waals surface area contributed by atoms with Crippen molar-refractivity contribution < 1.29 is 4.79 Å². The van der Waals surface area contributed by atoms with E-state index in [1.165, 1.54) is 0 Å². The Morgan fingerprint density at radius 2 is 2.06 bits per heavy atom. The van der Waals surface area contributed by atoms with E-state index in [-0.39, 0.29) is 11.9 Å². The summed E-state index contributed by atoms with van der Waals surface area (Å²) >= 11 is 5.70. The molecular formula is C10H13ClN4O. The quantitative estimate of drug-likeness (QED) is 0.417. The van der Waals surface area contributed by atoms with Crippen LogP contribution in [0.5, 0.6) is 0 Å². The SMILES string of the molecule is CCN/N=C(\N)NC(=O)c1ccc(Cl)cc1. The molecule has 1 aromatic rings. The fourth-order valence-corrected chi connectivity index (χ4v) is 1.11. The summed E-state index contributed by atoms with van der Waals surface area (Å²) in [5.41, 5.74) is 8.57. The van der Waals surface area contributed by atoms with Gasteiger partial charge in [0, 0.05) is 17.1 Å². The first-order valence-corrected chi connectivity index (χ1v) is 5.14. The summed E-state index contributed by atoms with van der Waals surface area (Å²) in [5.74, 6) is -0.294. The van der Waals surface area contributed by atoms with Crippen LogP contribution in [0.4, 0.5) is 0 Å². The van der Waals surface area contributed by atoms with Crippen LogP contribution in [0.3, 0.4) is 0 Å². The van der Waals surface area contributed by atoms with Gasteiger partial charge in [-0.3, -0.25) is 10.1 Å². The third-order valence-corrected chi connectivity index (χ3v) is 1.96. The van der Waals surface area contributed by atoms with Gasteiger partial charge in [-0.05, 0) is 31.2 Å². The lowest BCUT2D eigenvalue weighted by molar-refractivity contribution is 0.0976. The summed E-state index contributed by atoms with van der Waals surface area (Å²) in [6.07, 6.45) is 0. The highest BCUT2D eigenvalue weighted by Crippen LogP contribution is 2.08. The number of carbonyl (C=O) groups is 1. The number of hydrazone groups is 1. The number of guanidine groups is 1. The fraction of sp³-hybridized carbons (Fsp3) is 0.200. The van der Waals surface area contributed by atoms with E-state index in [1.807, 2.05) is 6.92 Å². The lowest BCUT2D eigenvalue weighted by atomic mass is 10.2. The van der Waals surface area contributed by atoms with Gasteiger partial charge < -0.3 is 11.2 Å². The number of amides is 1. The number of hydrogen-bond acceptors (Lipinski definition) is 3. The maximum atomic E-state index is 11.6. The molecule has 0 saturated heterocycles. The molecule has 1 aromatic carbocycles. The number of nitrogens with one attached hydrogen (secondary N) is 2. The number of hydrogen-bond donors (Lipinski definition) is 3. The number of nitrogens with two attached hydrogens (primary N) is 1. The molecule has 0 atom stereocenters. The molecule has 0 fully saturated rings. The van der Waals surface area contributed by atoms with E-state index in [9.17, 15) is 4.79 Å². The second-order valence-corrected chi connectivity index (χ2v) is 3.41. The molecule has 6 heteroatoms. The molecule has 86 valence electrons. The van der Waals surface area contributed by atoms with Gasteiger partial charge in [0.1, 0.15) is 0 Å². The molecule has 1 amide bonds. The molecule has 0 aliphatic rings. The largest absolute Gasteiger partial charge is 0.368 e. The van der Waals surface area contributed by atoms with Gasteiger partial charge in [-0.25, -0.2) is 0 Å². The minimum absolute atomic E-state index is 0.0294. The summed E-state index contributed by atoms with van der Waals surface area (Å²) in [6, 6.07) is 6.48. The van der Waals surface area contributed by atoms with Crippen LogP contribution in [0.15, 0.2) is 29.4 Å². The van der Waals surface area contributed by atoms with Crippen LogP contribution in [0, 0.1) is 0 Å². The van der Waals surface area contributed by atoms with Crippen molar-refractivity contribution in [3.05, 3.63) is 34.9 Å². The molecule has 16 heavy (non-hydrogen) atoms. The number of carbonyl (C=O) groups excluding carboxylic acids is 1. The summed E-state index contributed by atoms with van der Waals surface area (Å²) in [5, 5.41) is 6.72. The number of nitrogens with zero attached hydrogens (tertiary/aromatic N) is 1. The Morgan fingerprint density at radius 1 is 1.44 bits per heavy atom. The van der Waals surface area contributed by atoms with Crippen molar-refractivity contribution in [1.29, 1.82) is 0 Å². The maximum absolute atomic E-state index is 11.6. The predicted octanol–water partition coefficient (Wildman–Crippen LogP) is 0.909. The number of rotatable bonds is 3. The van der Waals surface area contributed by atoms with Crippen molar-refractivity contribution in [2.75, 3.05) is 6.54 Å². The van der Waals surface area contributed by atoms with Gasteiger partial charge in [0.15, 0.2) is 0 Å². The normalized spacial score (nSPS) is 11.0. The van der Waals surface area contributed by atoms with Crippen LogP contribution < -0.4 is 16.5 Å². The molecule has 0 aliphatic carbocycles. The third-order valence-electron chi connectivity index (χ3n) is 1.71. The van der Waals surface area contributed by atoms with E-state index in [1.54, 1.807) is 24.3 Å². The first kappa shape index (κ1) is 12.3. The van der Waals surface area contributed by atoms with E-state index < -0.39 is 0 Å². The Kier molecular flexibility index (Phi) is 4.60. The van der Waals surface area contributed by atoms with Gasteiger partial charge in [0.05, 0.1) is 0 Å². The molecule has 0 aromatic heterocycles. The summed E-state index contributed by atoms with van der Waals surface area (Å²) in [6.45, 7) is 2.51. The summed E-state index contributed by atoms with van der Waals surface area (Å²) < 4.78 is 0. The predicted molar refractivity (Wildman–Crippen MR) is 64.2 cm³/mol. The Bertz CT molecular complexity index is 388. The second-order valence-electron chi connectivity index (χ2n) is 2.97. The minimum atomic E-state index is -0.323. The Balaban J connectivity index is 2.62. The zero-order chi connectivity index (χ0) is 12.0. The lowest BCUT2D eigenvalue weighted by Crippen LogP contribution is -2.38. The van der Waals surface area contributed by atoms with Crippen molar-refractivity contribution in [1.82, 2.24) is 10.7 Å². The van der Waals surface area contributed by atoms with Crippen LogP contribution in [0.1, 0.15) is 17.3 Å². The zero-order valence-corrected chi connectivity index (χ0v) is 9.58. The number of benzene rings is 1. The number of halogens is 1. The Labute approximate surface area is 98.7 Å². The zero-order valence-electron chi connectivity index (χ0n) is 8.83. The van der Waals surface area contributed by atoms with Gasteiger partial charge in [0.25, 0.3) is 5.91 Å². The smallest absolute Gasteiger partial charge is 0.257 e. The first-order chi connectivity index (χ1) is 7.63. The minimum Gasteiger partial charge on any atom is -0.368 e. The van der Waals surface area contributed by atoms with Crippen molar-refractivity contribution in [2.24, 2.45) is 10.8 Å². The Morgan fingerprint density at radius 3 is 2.62 bits per heavy atom. The second kappa shape index (κ2) is 5.97. The van der Waals surface area contributed by atoms with Crippen LogP contribution in [0.25, 0.3) is 0 Å². The van der Waals surface area contributed by atoms with E-state index in [4.69, 9.17) is 17.3 Å². The van der Waals surface area contributed by atoms with Crippen molar-refractivity contribution in [3.63, 3.8) is 0 Å². The summed E-state index contributed by atoms with van der Waals surface area (Å²) in [7, 11) is 0. The molecule has 0 saturated carbocycles. The third kappa shape index (κ3) is 3.78. The summed E-state index contributed by atoms with van der Waals surface area (Å²) in [4.78, 5) is 11.6. The van der Waals surface area contributed by atoms with Crippen LogP contribution in [0.2, 0.25) is 5.02 Å². The molecule has 0 bridgehead atoms. The highest BCUT2D eigenvalue weighted by molar-refractivity contribution is 6.30. The Hall–Kier alpha value is -1.75. The highest BCUT2D eigenvalue weighted by Gasteiger charge is 2.05. The van der Waals surface area contributed by atoms with Gasteiger partial charge in [0.2, 0.25) is 5.96 Å². The molecule has 5 nitrogen and oxygen atoms in total. The average Bonchev–Trinajstić information content (AvgIpc) is 2.27.